The third kappa shape index (κ3) is 12.7. The van der Waals surface area contributed by atoms with Gasteiger partial charge < -0.3 is 36.2 Å². The summed E-state index contributed by atoms with van der Waals surface area (Å²) in [5.74, 6) is -3.24. The van der Waals surface area contributed by atoms with Gasteiger partial charge in [0.05, 0.1) is 22.8 Å². The summed E-state index contributed by atoms with van der Waals surface area (Å²) in [6.07, 6.45) is 5.05. The van der Waals surface area contributed by atoms with E-state index in [1.165, 1.54) is 16.7 Å². The standard InChI is InChI=1S/C44H65N7O7S/c1-11-26(4)34-39(55)45-27(5)42(57)51-23-17-20-33(51)38(54)47-31(24-29-18-15-14-16-19-29)41-48-32(25-59-41)37(53)50-35(28(6)58-44(9,10)13-3)40(56)46-30(36(52)49-34)21-22-43(7,8)12-2/h12-16,18-19,26-28,30-35H,2-3,11,17,20-25H2,1,4-10H3,(H,45,55)(H,46,56)(H,47,54)(H,49,52)(H,50,53)/t26-,27-,28+,30-,31-,32-,33-,34-,35-/m0/s1. The number of allylic oxidation sites excluding steroid dienone is 1. The molecule has 15 heteroatoms. The predicted molar refractivity (Wildman–Crippen MR) is 231 cm³/mol. The Morgan fingerprint density at radius 2 is 1.51 bits per heavy atom. The highest BCUT2D eigenvalue weighted by Gasteiger charge is 2.41. The van der Waals surface area contributed by atoms with Crippen LogP contribution in [0.5, 0.6) is 0 Å². The number of nitrogens with one attached hydrogen (secondary N) is 5. The van der Waals surface area contributed by atoms with E-state index in [1.807, 2.05) is 58.0 Å². The normalized spacial score (nSPS) is 27.8. The van der Waals surface area contributed by atoms with Crippen molar-refractivity contribution in [2.24, 2.45) is 16.3 Å². The largest absolute Gasteiger partial charge is 0.366 e. The molecule has 3 heterocycles. The van der Waals surface area contributed by atoms with Crippen molar-refractivity contribution >= 4 is 52.2 Å². The average molecular weight is 836 g/mol. The second kappa shape index (κ2) is 20.7. The second-order valence-electron chi connectivity index (χ2n) is 17.2. The molecule has 0 aliphatic carbocycles. The first-order valence-electron chi connectivity index (χ1n) is 20.8. The van der Waals surface area contributed by atoms with Crippen molar-refractivity contribution in [2.75, 3.05) is 12.3 Å². The van der Waals surface area contributed by atoms with Gasteiger partial charge in [0.15, 0.2) is 0 Å². The van der Waals surface area contributed by atoms with Gasteiger partial charge in [-0.3, -0.25) is 33.8 Å². The Kier molecular flexibility index (Phi) is 16.5. The molecule has 59 heavy (non-hydrogen) atoms. The Morgan fingerprint density at radius 3 is 2.15 bits per heavy atom. The van der Waals surface area contributed by atoms with Crippen LogP contribution < -0.4 is 26.6 Å². The molecule has 0 spiro atoms. The minimum atomic E-state index is -1.27. The van der Waals surface area contributed by atoms with Crippen LogP contribution in [0.15, 0.2) is 60.6 Å². The SMILES string of the molecule is C=CC(C)(C)CC[C@@H]1NC(=O)[C@H]([C@@H](C)OC(C)(C)C=C)NC(=O)[C@@H]2CSC(=N2)[C@H](Cc2ccccc2)NC(=O)[C@@H]2CCCN2C(=O)[C@H](C)NC(=O)[C@H]([C@@H](C)CC)NC1=O. The minimum Gasteiger partial charge on any atom is -0.366 e. The van der Waals surface area contributed by atoms with Crippen LogP contribution in [0.4, 0.5) is 0 Å². The Morgan fingerprint density at radius 1 is 0.864 bits per heavy atom. The zero-order valence-electron chi connectivity index (χ0n) is 36.0. The Bertz CT molecular complexity index is 1750. The fourth-order valence-corrected chi connectivity index (χ4v) is 8.40. The molecule has 3 aliphatic heterocycles. The highest BCUT2D eigenvalue weighted by Crippen LogP contribution is 2.27. The van der Waals surface area contributed by atoms with Crippen molar-refractivity contribution < 1.29 is 33.5 Å². The van der Waals surface area contributed by atoms with E-state index in [0.29, 0.717) is 43.7 Å². The van der Waals surface area contributed by atoms with E-state index in [4.69, 9.17) is 9.73 Å². The van der Waals surface area contributed by atoms with Gasteiger partial charge in [0.1, 0.15) is 36.3 Å². The number of hydrogen-bond acceptors (Lipinski definition) is 9. The van der Waals surface area contributed by atoms with Crippen molar-refractivity contribution in [3.05, 3.63) is 61.2 Å². The summed E-state index contributed by atoms with van der Waals surface area (Å²) in [4.78, 5) is 91.1. The van der Waals surface area contributed by atoms with E-state index in [-0.39, 0.29) is 24.0 Å². The number of aliphatic imine (C=N–C) groups is 1. The van der Waals surface area contributed by atoms with Gasteiger partial charge in [-0.15, -0.1) is 24.9 Å². The molecule has 1 saturated heterocycles. The molecule has 6 amide bonds. The number of hydrogen-bond donors (Lipinski definition) is 5. The first-order chi connectivity index (χ1) is 27.8. The fraction of sp³-hybridized carbons (Fsp3) is 0.614. The van der Waals surface area contributed by atoms with Gasteiger partial charge in [0.25, 0.3) is 0 Å². The summed E-state index contributed by atoms with van der Waals surface area (Å²) < 4.78 is 6.24. The topological polar surface area (TPSA) is 187 Å². The molecule has 0 saturated carbocycles. The zero-order chi connectivity index (χ0) is 43.7. The molecule has 14 nitrogen and oxygen atoms in total. The van der Waals surface area contributed by atoms with Crippen LogP contribution in [0.25, 0.3) is 0 Å². The van der Waals surface area contributed by atoms with Gasteiger partial charge >= 0.3 is 0 Å². The summed E-state index contributed by atoms with van der Waals surface area (Å²) in [6.45, 7) is 22.5. The van der Waals surface area contributed by atoms with E-state index in [0.717, 1.165) is 5.56 Å². The smallest absolute Gasteiger partial charge is 0.246 e. The Balaban J connectivity index is 1.79. The maximum Gasteiger partial charge on any atom is 0.246 e. The molecule has 9 atom stereocenters. The molecule has 1 aromatic rings. The molecule has 5 N–H and O–H groups in total. The van der Waals surface area contributed by atoms with Gasteiger partial charge in [-0.2, -0.15) is 0 Å². The van der Waals surface area contributed by atoms with Crippen LogP contribution in [0.1, 0.15) is 93.1 Å². The molecular weight excluding hydrogens is 771 g/mol. The summed E-state index contributed by atoms with van der Waals surface area (Å²) in [6, 6.07) is 2.84. The van der Waals surface area contributed by atoms with E-state index >= 15 is 0 Å². The molecular formula is C44H65N7O7S. The molecule has 0 radical (unpaired) electrons. The first kappa shape index (κ1) is 47.2. The molecule has 1 aromatic carbocycles. The first-order valence-corrected chi connectivity index (χ1v) is 21.8. The number of benzene rings is 1. The number of rotatable bonds is 12. The van der Waals surface area contributed by atoms with Crippen molar-refractivity contribution in [1.82, 2.24) is 31.5 Å². The van der Waals surface area contributed by atoms with Gasteiger partial charge in [0.2, 0.25) is 35.4 Å². The van der Waals surface area contributed by atoms with Crippen molar-refractivity contribution in [1.29, 1.82) is 0 Å². The Hall–Kier alpha value is -4.50. The second-order valence-corrected chi connectivity index (χ2v) is 18.3. The lowest BCUT2D eigenvalue weighted by Crippen LogP contribution is -2.61. The van der Waals surface area contributed by atoms with Crippen molar-refractivity contribution in [3.8, 4) is 0 Å². The highest BCUT2D eigenvalue weighted by atomic mass is 32.2. The molecule has 2 bridgehead atoms. The molecule has 0 aromatic heterocycles. The van der Waals surface area contributed by atoms with E-state index in [9.17, 15) is 28.8 Å². The molecule has 324 valence electrons. The predicted octanol–water partition coefficient (Wildman–Crippen LogP) is 3.60. The lowest BCUT2D eigenvalue weighted by Gasteiger charge is -2.33. The van der Waals surface area contributed by atoms with Crippen molar-refractivity contribution in [3.63, 3.8) is 0 Å². The average Bonchev–Trinajstić information content (AvgIpc) is 3.91. The summed E-state index contributed by atoms with van der Waals surface area (Å²) >= 11 is 1.34. The van der Waals surface area contributed by atoms with Crippen LogP contribution in [0.3, 0.4) is 0 Å². The lowest BCUT2D eigenvalue weighted by molar-refractivity contribution is -0.142. The Labute approximate surface area is 354 Å². The molecule has 3 aliphatic rings. The maximum atomic E-state index is 14.4. The van der Waals surface area contributed by atoms with E-state index < -0.39 is 88.9 Å². The van der Waals surface area contributed by atoms with Crippen LogP contribution in [-0.4, -0.2) is 112 Å². The van der Waals surface area contributed by atoms with Crippen molar-refractivity contribution in [2.45, 2.75) is 148 Å². The fourth-order valence-electron chi connectivity index (χ4n) is 7.30. The van der Waals surface area contributed by atoms with E-state index in [1.54, 1.807) is 39.8 Å². The zero-order valence-corrected chi connectivity index (χ0v) is 36.8. The third-order valence-electron chi connectivity index (χ3n) is 11.5. The number of thioether (sulfide) groups is 1. The number of carbonyl (C=O) groups is 6. The molecule has 0 unspecified atom stereocenters. The summed E-state index contributed by atoms with van der Waals surface area (Å²) in [5.41, 5.74) is -0.335. The number of carbonyl (C=O) groups excluding carboxylic acids is 6. The molecule has 4 rings (SSSR count). The number of fused-ring (bicyclic) bond motifs is 2. The van der Waals surface area contributed by atoms with Gasteiger partial charge in [-0.1, -0.05) is 76.6 Å². The lowest BCUT2D eigenvalue weighted by atomic mass is 9.86. The van der Waals surface area contributed by atoms with Gasteiger partial charge in [-0.25, -0.2) is 0 Å². The number of nitrogens with zero attached hydrogens (tertiary/aromatic N) is 2. The monoisotopic (exact) mass is 835 g/mol. The van der Waals surface area contributed by atoms with Crippen LogP contribution >= 0.6 is 11.8 Å². The minimum absolute atomic E-state index is 0.182. The van der Waals surface area contributed by atoms with E-state index in [2.05, 4.69) is 39.7 Å². The van der Waals surface area contributed by atoms with Crippen LogP contribution in [-0.2, 0) is 39.9 Å². The molecule has 1 fully saturated rings. The number of amides is 6. The third-order valence-corrected chi connectivity index (χ3v) is 12.7. The summed E-state index contributed by atoms with van der Waals surface area (Å²) in [7, 11) is 0. The number of ether oxygens (including phenoxy) is 1. The van der Waals surface area contributed by atoms with Crippen LogP contribution in [0, 0.1) is 11.3 Å². The van der Waals surface area contributed by atoms with Gasteiger partial charge in [0, 0.05) is 12.3 Å². The summed E-state index contributed by atoms with van der Waals surface area (Å²) in [5, 5.41) is 15.1. The highest BCUT2D eigenvalue weighted by molar-refractivity contribution is 8.14. The van der Waals surface area contributed by atoms with Crippen LogP contribution in [0.2, 0.25) is 0 Å². The maximum absolute atomic E-state index is 14.4. The van der Waals surface area contributed by atoms with Gasteiger partial charge in [-0.05, 0) is 76.7 Å². The quantitative estimate of drug-likeness (QED) is 0.198.